The van der Waals surface area contributed by atoms with E-state index in [1.165, 1.54) is 10.5 Å². The van der Waals surface area contributed by atoms with Gasteiger partial charge in [-0.15, -0.1) is 0 Å². The van der Waals surface area contributed by atoms with Crippen LogP contribution in [0.3, 0.4) is 0 Å². The van der Waals surface area contributed by atoms with Crippen LogP contribution < -0.4 is 0 Å². The van der Waals surface area contributed by atoms with E-state index in [1.54, 1.807) is 6.92 Å². The zero-order valence-electron chi connectivity index (χ0n) is 8.34. The molecule has 1 saturated heterocycles. The molecule has 0 unspecified atom stereocenters. The Morgan fingerprint density at radius 1 is 1.67 bits per heavy atom. The van der Waals surface area contributed by atoms with E-state index in [4.69, 9.17) is 5.11 Å². The number of aliphatic hydroxyl groups excluding tert-OH is 1. The van der Waals surface area contributed by atoms with E-state index in [0.717, 1.165) is 0 Å². The standard InChI is InChI=1S/C8H13N3O3S/c1-6-8(2-9-10-6)15(13,14)11-3-7(4-11)5-12/h2,7,12H,3-5H2,1H3,(H,9,10). The molecular weight excluding hydrogens is 218 g/mol. The minimum absolute atomic E-state index is 0.0381. The first-order valence-corrected chi connectivity index (χ1v) is 6.10. The number of aromatic nitrogens is 2. The van der Waals surface area contributed by atoms with Crippen LogP contribution in [-0.4, -0.2) is 47.7 Å². The van der Waals surface area contributed by atoms with E-state index < -0.39 is 10.0 Å². The molecule has 0 amide bonds. The molecule has 1 aromatic heterocycles. The Kier molecular flexibility index (Phi) is 2.53. The zero-order chi connectivity index (χ0) is 11.1. The molecule has 15 heavy (non-hydrogen) atoms. The van der Waals surface area contributed by atoms with Crippen molar-refractivity contribution in [3.05, 3.63) is 11.9 Å². The molecule has 2 rings (SSSR count). The molecule has 2 N–H and O–H groups in total. The second-order valence-electron chi connectivity index (χ2n) is 3.73. The highest BCUT2D eigenvalue weighted by Gasteiger charge is 2.37. The lowest BCUT2D eigenvalue weighted by molar-refractivity contribution is 0.117. The summed E-state index contributed by atoms with van der Waals surface area (Å²) in [5.41, 5.74) is 0.544. The molecule has 0 radical (unpaired) electrons. The van der Waals surface area contributed by atoms with Crippen molar-refractivity contribution in [1.29, 1.82) is 0 Å². The number of nitrogens with zero attached hydrogens (tertiary/aromatic N) is 2. The third-order valence-corrected chi connectivity index (χ3v) is 4.53. The number of hydrogen-bond acceptors (Lipinski definition) is 4. The average molecular weight is 231 g/mol. The van der Waals surface area contributed by atoms with Gasteiger partial charge in [-0.3, -0.25) is 5.10 Å². The van der Waals surface area contributed by atoms with Crippen molar-refractivity contribution in [1.82, 2.24) is 14.5 Å². The first-order valence-electron chi connectivity index (χ1n) is 4.66. The normalized spacial score (nSPS) is 19.1. The molecule has 6 nitrogen and oxygen atoms in total. The second kappa shape index (κ2) is 3.58. The van der Waals surface area contributed by atoms with Gasteiger partial charge < -0.3 is 5.11 Å². The molecule has 1 fully saturated rings. The Hall–Kier alpha value is -0.920. The molecule has 84 valence electrons. The van der Waals surface area contributed by atoms with Crippen LogP contribution in [0.25, 0.3) is 0 Å². The summed E-state index contributed by atoms with van der Waals surface area (Å²) < 4.78 is 25.2. The van der Waals surface area contributed by atoms with Crippen molar-refractivity contribution < 1.29 is 13.5 Å². The topological polar surface area (TPSA) is 86.3 Å². The maximum atomic E-state index is 11.9. The van der Waals surface area contributed by atoms with Crippen molar-refractivity contribution in [2.75, 3.05) is 19.7 Å². The van der Waals surface area contributed by atoms with Crippen LogP contribution >= 0.6 is 0 Å². The number of rotatable bonds is 3. The summed E-state index contributed by atoms with van der Waals surface area (Å²) in [6, 6.07) is 0. The SMILES string of the molecule is Cc1[nH]ncc1S(=O)(=O)N1CC(CO)C1. The summed E-state index contributed by atoms with van der Waals surface area (Å²) in [7, 11) is -3.40. The summed E-state index contributed by atoms with van der Waals surface area (Å²) in [6.45, 7) is 2.49. The maximum absolute atomic E-state index is 11.9. The minimum atomic E-state index is -3.40. The van der Waals surface area contributed by atoms with Gasteiger partial charge in [0.25, 0.3) is 0 Å². The van der Waals surface area contributed by atoms with Gasteiger partial charge in [0.15, 0.2) is 0 Å². The number of sulfonamides is 1. The lowest BCUT2D eigenvalue weighted by Crippen LogP contribution is -2.51. The Balaban J connectivity index is 2.19. The van der Waals surface area contributed by atoms with Gasteiger partial charge in [-0.05, 0) is 6.92 Å². The molecule has 0 aromatic carbocycles. The Labute approximate surface area is 88.0 Å². The third-order valence-electron chi connectivity index (χ3n) is 2.58. The summed E-state index contributed by atoms with van der Waals surface area (Å²) in [5, 5.41) is 15.1. The molecule has 0 saturated carbocycles. The number of H-pyrrole nitrogens is 1. The van der Waals surface area contributed by atoms with Crippen LogP contribution in [0, 0.1) is 12.8 Å². The smallest absolute Gasteiger partial charge is 0.246 e. The molecular formula is C8H13N3O3S. The largest absolute Gasteiger partial charge is 0.396 e. The van der Waals surface area contributed by atoms with Crippen LogP contribution in [-0.2, 0) is 10.0 Å². The van der Waals surface area contributed by atoms with Crippen LogP contribution in [0.5, 0.6) is 0 Å². The van der Waals surface area contributed by atoms with Gasteiger partial charge in [0.1, 0.15) is 4.90 Å². The number of hydrogen-bond donors (Lipinski definition) is 2. The van der Waals surface area contributed by atoms with E-state index in [2.05, 4.69) is 10.2 Å². The average Bonchev–Trinajstić information content (AvgIpc) is 2.49. The fourth-order valence-corrected chi connectivity index (χ4v) is 3.28. The summed E-state index contributed by atoms with van der Waals surface area (Å²) in [6.07, 6.45) is 1.32. The number of aromatic amines is 1. The molecule has 1 aliphatic rings. The highest BCUT2D eigenvalue weighted by Crippen LogP contribution is 2.25. The van der Waals surface area contributed by atoms with E-state index in [0.29, 0.717) is 18.8 Å². The lowest BCUT2D eigenvalue weighted by atomic mass is 10.1. The van der Waals surface area contributed by atoms with Gasteiger partial charge in [0.05, 0.1) is 11.9 Å². The number of aryl methyl sites for hydroxylation is 1. The predicted molar refractivity (Wildman–Crippen MR) is 52.7 cm³/mol. The minimum Gasteiger partial charge on any atom is -0.396 e. The van der Waals surface area contributed by atoms with Crippen molar-refractivity contribution in [3.63, 3.8) is 0 Å². The monoisotopic (exact) mass is 231 g/mol. The summed E-state index contributed by atoms with van der Waals surface area (Å²) >= 11 is 0. The molecule has 0 bridgehead atoms. The predicted octanol–water partition coefficient (Wildman–Crippen LogP) is -0.669. The molecule has 1 aliphatic heterocycles. The first kappa shape index (κ1) is 10.6. The van der Waals surface area contributed by atoms with Crippen LogP contribution in [0.1, 0.15) is 5.69 Å². The van der Waals surface area contributed by atoms with Crippen molar-refractivity contribution >= 4 is 10.0 Å². The van der Waals surface area contributed by atoms with E-state index >= 15 is 0 Å². The molecule has 1 aromatic rings. The molecule has 0 aliphatic carbocycles. The lowest BCUT2D eigenvalue weighted by Gasteiger charge is -2.36. The Morgan fingerprint density at radius 3 is 2.80 bits per heavy atom. The van der Waals surface area contributed by atoms with Gasteiger partial charge in [-0.25, -0.2) is 8.42 Å². The molecule has 7 heteroatoms. The number of nitrogens with one attached hydrogen (secondary N) is 1. The van der Waals surface area contributed by atoms with Crippen molar-refractivity contribution in [2.45, 2.75) is 11.8 Å². The fourth-order valence-electron chi connectivity index (χ4n) is 1.57. The van der Waals surface area contributed by atoms with Gasteiger partial charge in [-0.2, -0.15) is 9.40 Å². The molecule has 0 atom stereocenters. The van der Waals surface area contributed by atoms with Gasteiger partial charge in [0.2, 0.25) is 10.0 Å². The van der Waals surface area contributed by atoms with E-state index in [-0.39, 0.29) is 17.4 Å². The fraction of sp³-hybridized carbons (Fsp3) is 0.625. The van der Waals surface area contributed by atoms with Crippen LogP contribution in [0.15, 0.2) is 11.1 Å². The van der Waals surface area contributed by atoms with Gasteiger partial charge in [0, 0.05) is 25.6 Å². The zero-order valence-corrected chi connectivity index (χ0v) is 9.16. The highest BCUT2D eigenvalue weighted by atomic mass is 32.2. The molecule has 0 spiro atoms. The highest BCUT2D eigenvalue weighted by molar-refractivity contribution is 7.89. The maximum Gasteiger partial charge on any atom is 0.246 e. The third kappa shape index (κ3) is 1.66. The van der Waals surface area contributed by atoms with Crippen LogP contribution in [0.4, 0.5) is 0 Å². The van der Waals surface area contributed by atoms with Crippen molar-refractivity contribution in [3.8, 4) is 0 Å². The van der Waals surface area contributed by atoms with Crippen LogP contribution in [0.2, 0.25) is 0 Å². The Morgan fingerprint density at radius 2 is 2.33 bits per heavy atom. The van der Waals surface area contributed by atoms with Gasteiger partial charge in [-0.1, -0.05) is 0 Å². The quantitative estimate of drug-likeness (QED) is 0.722. The summed E-state index contributed by atoms with van der Waals surface area (Å²) in [5.74, 6) is 0.0759. The summed E-state index contributed by atoms with van der Waals surface area (Å²) in [4.78, 5) is 0.221. The Bertz CT molecular complexity index is 447. The second-order valence-corrected chi connectivity index (χ2v) is 5.64. The number of aliphatic hydroxyl groups is 1. The van der Waals surface area contributed by atoms with E-state index in [9.17, 15) is 8.42 Å². The van der Waals surface area contributed by atoms with E-state index in [1.807, 2.05) is 0 Å². The van der Waals surface area contributed by atoms with Gasteiger partial charge >= 0.3 is 0 Å². The van der Waals surface area contributed by atoms with Crippen molar-refractivity contribution in [2.24, 2.45) is 5.92 Å². The molecule has 2 heterocycles. The first-order chi connectivity index (χ1) is 7.05.